The summed E-state index contributed by atoms with van der Waals surface area (Å²) in [5, 5.41) is 19.0. The molecule has 1 aliphatic rings. The highest BCUT2D eigenvalue weighted by Crippen LogP contribution is 2.27. The van der Waals surface area contributed by atoms with Crippen LogP contribution in [0.2, 0.25) is 0 Å². The van der Waals surface area contributed by atoms with E-state index in [2.05, 4.69) is 0 Å². The lowest BCUT2D eigenvalue weighted by atomic mass is 9.98. The molecule has 0 aromatic rings. The molecule has 21 heavy (non-hydrogen) atoms. The van der Waals surface area contributed by atoms with Gasteiger partial charge in [0, 0.05) is 20.8 Å². The molecule has 1 fully saturated rings. The predicted octanol–water partition coefficient (Wildman–Crippen LogP) is -1.51. The molecule has 0 radical (unpaired) electrons. The summed E-state index contributed by atoms with van der Waals surface area (Å²) in [5.74, 6) is -2.19. The number of rotatable bonds is 4. The number of aliphatic hydroxyl groups excluding tert-OH is 2. The van der Waals surface area contributed by atoms with Gasteiger partial charge in [-0.2, -0.15) is 0 Å². The van der Waals surface area contributed by atoms with Crippen LogP contribution in [-0.4, -0.2) is 65.4 Å². The van der Waals surface area contributed by atoms with E-state index in [0.717, 1.165) is 20.8 Å². The molecule has 0 aliphatic carbocycles. The maximum Gasteiger partial charge on any atom is 0.303 e. The van der Waals surface area contributed by atoms with Gasteiger partial charge in [0.2, 0.25) is 0 Å². The molecular weight excluding hydrogens is 288 g/mol. The third-order valence-electron chi connectivity index (χ3n) is 2.70. The number of hydrogen-bond donors (Lipinski definition) is 2. The first-order valence-corrected chi connectivity index (χ1v) is 6.22. The fraction of sp³-hybridized carbons (Fsp3) is 0.750. The Balaban J connectivity index is 3.08. The van der Waals surface area contributed by atoms with E-state index < -0.39 is 55.2 Å². The largest absolute Gasteiger partial charge is 0.456 e. The molecule has 0 unspecified atom stereocenters. The summed E-state index contributed by atoms with van der Waals surface area (Å²) in [5.41, 5.74) is 0. The van der Waals surface area contributed by atoms with Crippen molar-refractivity contribution in [2.24, 2.45) is 0 Å². The molecule has 1 rings (SSSR count). The Morgan fingerprint density at radius 3 is 1.76 bits per heavy atom. The molecule has 0 aromatic carbocycles. The smallest absolute Gasteiger partial charge is 0.303 e. The van der Waals surface area contributed by atoms with E-state index in [9.17, 15) is 24.6 Å². The zero-order valence-electron chi connectivity index (χ0n) is 11.8. The molecule has 0 aromatic heterocycles. The molecule has 0 bridgehead atoms. The van der Waals surface area contributed by atoms with Crippen LogP contribution in [0.1, 0.15) is 20.8 Å². The van der Waals surface area contributed by atoms with Gasteiger partial charge in [0.05, 0.1) is 6.61 Å². The lowest BCUT2D eigenvalue weighted by Crippen LogP contribution is -2.62. The summed E-state index contributed by atoms with van der Waals surface area (Å²) in [7, 11) is 0. The second kappa shape index (κ2) is 7.34. The quantitative estimate of drug-likeness (QED) is 0.470. The van der Waals surface area contributed by atoms with Gasteiger partial charge in [-0.25, -0.2) is 0 Å². The second-order valence-electron chi connectivity index (χ2n) is 4.47. The number of carbonyl (C=O) groups is 3. The van der Waals surface area contributed by atoms with Crippen molar-refractivity contribution in [1.29, 1.82) is 0 Å². The van der Waals surface area contributed by atoms with Gasteiger partial charge in [0.15, 0.2) is 24.6 Å². The molecule has 1 heterocycles. The maximum atomic E-state index is 11.2. The van der Waals surface area contributed by atoms with Gasteiger partial charge in [0.25, 0.3) is 0 Å². The van der Waals surface area contributed by atoms with Crippen molar-refractivity contribution in [3.05, 3.63) is 0 Å². The van der Waals surface area contributed by atoms with E-state index >= 15 is 0 Å². The van der Waals surface area contributed by atoms with Crippen LogP contribution in [0, 0.1) is 0 Å². The highest BCUT2D eigenvalue weighted by molar-refractivity contribution is 5.68. The predicted molar refractivity (Wildman–Crippen MR) is 64.6 cm³/mol. The van der Waals surface area contributed by atoms with Crippen LogP contribution in [0.15, 0.2) is 0 Å². The first kappa shape index (κ1) is 17.3. The first-order chi connectivity index (χ1) is 9.76. The molecule has 9 nitrogen and oxygen atoms in total. The molecule has 1 aliphatic heterocycles. The van der Waals surface area contributed by atoms with E-state index in [1.54, 1.807) is 0 Å². The average molecular weight is 306 g/mol. The number of carbonyl (C=O) groups excluding carboxylic acids is 3. The van der Waals surface area contributed by atoms with Gasteiger partial charge in [-0.1, -0.05) is 0 Å². The third kappa shape index (κ3) is 4.66. The molecular formula is C12H18O9. The van der Waals surface area contributed by atoms with Gasteiger partial charge in [0.1, 0.15) is 6.10 Å². The van der Waals surface area contributed by atoms with Crippen molar-refractivity contribution in [3.8, 4) is 0 Å². The molecule has 0 spiro atoms. The van der Waals surface area contributed by atoms with E-state index in [0.29, 0.717) is 0 Å². The number of hydrogen-bond acceptors (Lipinski definition) is 9. The standard InChI is InChI=1S/C12H18O9/c1-5(14)18-9-8(4-13)21-12(17)11(20-7(3)16)10(9)19-6(2)15/h8-13,17H,4H2,1-3H3/t8-,9-,10+,11-,12+/m1/s1. The average Bonchev–Trinajstić information content (AvgIpc) is 2.35. The molecule has 0 amide bonds. The monoisotopic (exact) mass is 306 g/mol. The molecule has 5 atom stereocenters. The SMILES string of the molecule is CC(=O)O[C@@H]1[C@@H](OC(C)=O)[C@@H](O)O[C@H](CO)[C@H]1OC(C)=O. The van der Waals surface area contributed by atoms with Gasteiger partial charge in [-0.3, -0.25) is 14.4 Å². The number of aliphatic hydroxyl groups is 2. The van der Waals surface area contributed by atoms with Crippen LogP contribution < -0.4 is 0 Å². The molecule has 9 heteroatoms. The van der Waals surface area contributed by atoms with Crippen LogP contribution in [0.4, 0.5) is 0 Å². The van der Waals surface area contributed by atoms with Crippen LogP contribution in [0.25, 0.3) is 0 Å². The van der Waals surface area contributed by atoms with Gasteiger partial charge in [-0.15, -0.1) is 0 Å². The van der Waals surface area contributed by atoms with Crippen molar-refractivity contribution >= 4 is 17.9 Å². The Hall–Kier alpha value is -1.71. The minimum Gasteiger partial charge on any atom is -0.456 e. The van der Waals surface area contributed by atoms with Gasteiger partial charge < -0.3 is 29.2 Å². The van der Waals surface area contributed by atoms with Crippen LogP contribution in [0.3, 0.4) is 0 Å². The normalized spacial score (nSPS) is 32.1. The van der Waals surface area contributed by atoms with Crippen molar-refractivity contribution in [2.75, 3.05) is 6.61 Å². The van der Waals surface area contributed by atoms with Gasteiger partial charge in [-0.05, 0) is 0 Å². The van der Waals surface area contributed by atoms with Crippen LogP contribution in [-0.2, 0) is 33.3 Å². The first-order valence-electron chi connectivity index (χ1n) is 6.22. The Bertz CT molecular complexity index is 408. The van der Waals surface area contributed by atoms with Crippen molar-refractivity contribution in [2.45, 2.75) is 51.5 Å². The Labute approximate surface area is 120 Å². The summed E-state index contributed by atoms with van der Waals surface area (Å²) in [4.78, 5) is 33.4. The molecule has 0 saturated carbocycles. The van der Waals surface area contributed by atoms with E-state index in [1.165, 1.54) is 0 Å². The highest BCUT2D eigenvalue weighted by atomic mass is 16.7. The number of esters is 3. The summed E-state index contributed by atoms with van der Waals surface area (Å²) in [6, 6.07) is 0. The van der Waals surface area contributed by atoms with Gasteiger partial charge >= 0.3 is 17.9 Å². The Morgan fingerprint density at radius 1 is 0.905 bits per heavy atom. The fourth-order valence-electron chi connectivity index (χ4n) is 2.02. The minimum absolute atomic E-state index is 0.598. The highest BCUT2D eigenvalue weighted by Gasteiger charge is 2.51. The van der Waals surface area contributed by atoms with E-state index in [1.807, 2.05) is 0 Å². The summed E-state index contributed by atoms with van der Waals surface area (Å²) < 4.78 is 19.8. The van der Waals surface area contributed by atoms with Crippen LogP contribution >= 0.6 is 0 Å². The summed E-state index contributed by atoms with van der Waals surface area (Å²) in [6.45, 7) is 2.71. The summed E-state index contributed by atoms with van der Waals surface area (Å²) >= 11 is 0. The molecule has 1 saturated heterocycles. The topological polar surface area (TPSA) is 129 Å². The molecule has 120 valence electrons. The van der Waals surface area contributed by atoms with Crippen LogP contribution in [0.5, 0.6) is 0 Å². The van der Waals surface area contributed by atoms with Crippen molar-refractivity contribution in [1.82, 2.24) is 0 Å². The fourth-order valence-corrected chi connectivity index (χ4v) is 2.02. The zero-order chi connectivity index (χ0) is 16.2. The Morgan fingerprint density at radius 2 is 1.33 bits per heavy atom. The lowest BCUT2D eigenvalue weighted by Gasteiger charge is -2.42. The van der Waals surface area contributed by atoms with E-state index in [-0.39, 0.29) is 0 Å². The maximum absolute atomic E-state index is 11.2. The Kier molecular flexibility index (Phi) is 6.06. The second-order valence-corrected chi connectivity index (χ2v) is 4.47. The molecule has 2 N–H and O–H groups in total. The van der Waals surface area contributed by atoms with Crippen molar-refractivity contribution < 1.29 is 43.5 Å². The lowest BCUT2D eigenvalue weighted by molar-refractivity contribution is -0.295. The van der Waals surface area contributed by atoms with Crippen molar-refractivity contribution in [3.63, 3.8) is 0 Å². The van der Waals surface area contributed by atoms with E-state index in [4.69, 9.17) is 18.9 Å². The zero-order valence-corrected chi connectivity index (χ0v) is 11.8. The summed E-state index contributed by atoms with van der Waals surface area (Å²) in [6.07, 6.45) is -6.65. The third-order valence-corrected chi connectivity index (χ3v) is 2.70. The number of ether oxygens (including phenoxy) is 4. The minimum atomic E-state index is -1.64.